The number of hydrogen-bond acceptors (Lipinski definition) is 9. The second-order valence-corrected chi connectivity index (χ2v) is 26.5. The van der Waals surface area contributed by atoms with E-state index in [1.54, 1.807) is 11.3 Å². The minimum absolute atomic E-state index is 0.264. The van der Waals surface area contributed by atoms with Crippen LogP contribution in [0.15, 0.2) is 0 Å². The zero-order chi connectivity index (χ0) is 29.5. The second kappa shape index (κ2) is 15.1. The Morgan fingerprint density at radius 1 is 0.902 bits per heavy atom. The van der Waals surface area contributed by atoms with E-state index >= 15 is 0 Å². The summed E-state index contributed by atoms with van der Waals surface area (Å²) in [6.07, 6.45) is 7.58. The molecule has 230 valence electrons. The molecule has 1 amide bonds. The van der Waals surface area contributed by atoms with E-state index in [1.165, 1.54) is 55.7 Å². The Hall–Kier alpha value is -1.08. The van der Waals surface area contributed by atoms with Crippen LogP contribution in [0.3, 0.4) is 0 Å². The normalized spacial score (nSPS) is 17.9. The fourth-order valence-corrected chi connectivity index (χ4v) is 22.1. The number of ether oxygens (including phenoxy) is 1. The first-order valence-corrected chi connectivity index (χ1v) is 24.3. The van der Waals surface area contributed by atoms with Crippen LogP contribution in [0.4, 0.5) is 5.82 Å². The number of thiazole rings is 1. The van der Waals surface area contributed by atoms with E-state index in [0.717, 1.165) is 80.2 Å². The summed E-state index contributed by atoms with van der Waals surface area (Å²) in [5, 5.41) is 1.11. The molecule has 0 radical (unpaired) electrons. The fourth-order valence-electron chi connectivity index (χ4n) is 6.22. The van der Waals surface area contributed by atoms with Gasteiger partial charge in [0.15, 0.2) is 0 Å². The Balaban J connectivity index is 1.66. The van der Waals surface area contributed by atoms with Crippen molar-refractivity contribution in [2.24, 2.45) is 5.73 Å². The topological polar surface area (TPSA) is 101 Å². The van der Waals surface area contributed by atoms with Gasteiger partial charge in [0.25, 0.3) is 0 Å². The Labute approximate surface area is 255 Å². The number of hydrogen-bond donors (Lipinski definition) is 1. The van der Waals surface area contributed by atoms with Crippen molar-refractivity contribution < 1.29 is 9.53 Å². The van der Waals surface area contributed by atoms with Crippen molar-refractivity contribution in [1.82, 2.24) is 24.8 Å². The van der Waals surface area contributed by atoms with Gasteiger partial charge < -0.3 is 5.73 Å². The number of carbonyl (C=O) groups excluding carboxylic acids is 1. The number of nitrogens with two attached hydrogens (primary N) is 1. The van der Waals surface area contributed by atoms with Gasteiger partial charge in [-0.2, -0.15) is 0 Å². The molecule has 0 aromatic carbocycles. The number of nitrogens with zero attached hydrogens (tertiary/aromatic N) is 6. The van der Waals surface area contributed by atoms with E-state index in [2.05, 4.69) is 35.5 Å². The van der Waals surface area contributed by atoms with Crippen molar-refractivity contribution in [3.05, 3.63) is 5.01 Å². The van der Waals surface area contributed by atoms with Crippen LogP contribution >= 0.6 is 11.3 Å². The summed E-state index contributed by atoms with van der Waals surface area (Å²) < 4.78 is 12.1. The van der Waals surface area contributed by atoms with E-state index in [-0.39, 0.29) is 5.91 Å². The Kier molecular flexibility index (Phi) is 12.1. The van der Waals surface area contributed by atoms with E-state index in [1.807, 2.05) is 13.8 Å². The predicted octanol–water partition coefficient (Wildman–Crippen LogP) is 4.36. The molecule has 0 bridgehead atoms. The van der Waals surface area contributed by atoms with Crippen LogP contribution in [-0.2, 0) is 16.1 Å². The molecular weight excluding hydrogens is 641 g/mol. The Morgan fingerprint density at radius 2 is 1.49 bits per heavy atom. The first kappa shape index (κ1) is 32.8. The number of unbranched alkanes of at least 4 members (excludes halogenated alkanes) is 3. The van der Waals surface area contributed by atoms with Crippen LogP contribution in [0.25, 0.3) is 10.3 Å². The molecule has 2 N–H and O–H groups in total. The van der Waals surface area contributed by atoms with Crippen molar-refractivity contribution in [3.63, 3.8) is 0 Å². The molecular formula is C30H53N7O2SSn. The van der Waals surface area contributed by atoms with Crippen LogP contribution in [0.1, 0.15) is 78.2 Å². The molecule has 2 aromatic rings. The van der Waals surface area contributed by atoms with Gasteiger partial charge in [0.2, 0.25) is 0 Å². The van der Waals surface area contributed by atoms with Gasteiger partial charge in [-0.15, -0.1) is 0 Å². The summed E-state index contributed by atoms with van der Waals surface area (Å²) >= 11 is -1.08. The molecule has 4 heterocycles. The number of anilines is 1. The average Bonchev–Trinajstić information content (AvgIpc) is 3.39. The zero-order valence-corrected chi connectivity index (χ0v) is 29.9. The van der Waals surface area contributed by atoms with Gasteiger partial charge in [-0.05, 0) is 0 Å². The standard InChI is InChI=1S/C18H26N7O2S.3C4H9.Sn/c1-18(2,17(19)26)25-5-3-23(4-6-25)11-13-22-15-14(28-13)16(21-12-20-15)24-7-9-27-10-8-24;3*1-3-4-2;/h3-11H2,1-2H3,(H2,19,26);3*1,3-4H2,2H3;. The van der Waals surface area contributed by atoms with Crippen LogP contribution < -0.4 is 14.5 Å². The molecule has 2 aliphatic rings. The van der Waals surface area contributed by atoms with Crippen LogP contribution in [0.2, 0.25) is 13.3 Å². The molecule has 11 heteroatoms. The van der Waals surface area contributed by atoms with Crippen LogP contribution in [0, 0.1) is 0 Å². The molecule has 0 saturated carbocycles. The molecule has 2 saturated heterocycles. The number of carbonyl (C=O) groups is 1. The summed E-state index contributed by atoms with van der Waals surface area (Å²) in [7, 11) is 0. The third-order valence-corrected chi connectivity index (χ3v) is 24.8. The Bertz CT molecular complexity index is 1110. The van der Waals surface area contributed by atoms with Crippen molar-refractivity contribution in [2.45, 2.75) is 98.5 Å². The monoisotopic (exact) mass is 695 g/mol. The van der Waals surface area contributed by atoms with Gasteiger partial charge in [0.05, 0.1) is 0 Å². The number of piperazine rings is 1. The summed E-state index contributed by atoms with van der Waals surface area (Å²) in [4.78, 5) is 35.1. The number of rotatable bonds is 15. The summed E-state index contributed by atoms with van der Waals surface area (Å²) in [6, 6.07) is 0. The summed E-state index contributed by atoms with van der Waals surface area (Å²) in [5.41, 5.74) is 5.97. The first-order chi connectivity index (χ1) is 19.7. The van der Waals surface area contributed by atoms with Gasteiger partial charge in [0.1, 0.15) is 0 Å². The minimum atomic E-state index is -2.85. The van der Waals surface area contributed by atoms with Crippen molar-refractivity contribution in [1.29, 1.82) is 0 Å². The molecule has 0 atom stereocenters. The van der Waals surface area contributed by atoms with Gasteiger partial charge in [-0.1, -0.05) is 0 Å². The first-order valence-electron chi connectivity index (χ1n) is 16.0. The predicted molar refractivity (Wildman–Crippen MR) is 173 cm³/mol. The molecule has 2 aromatic heterocycles. The molecule has 0 unspecified atom stereocenters. The number of primary amides is 1. The average molecular weight is 695 g/mol. The van der Waals surface area contributed by atoms with Gasteiger partial charge in [0, 0.05) is 0 Å². The van der Waals surface area contributed by atoms with Crippen molar-refractivity contribution >= 4 is 55.6 Å². The maximum atomic E-state index is 12.0. The third-order valence-electron chi connectivity index (χ3n) is 9.22. The van der Waals surface area contributed by atoms with Crippen LogP contribution in [0.5, 0.6) is 0 Å². The third kappa shape index (κ3) is 7.90. The second-order valence-electron chi connectivity index (χ2n) is 12.5. The fraction of sp³-hybridized carbons (Fsp3) is 0.800. The molecule has 41 heavy (non-hydrogen) atoms. The summed E-state index contributed by atoms with van der Waals surface area (Å²) in [6.45, 7) is 18.3. The number of amides is 1. The summed E-state index contributed by atoms with van der Waals surface area (Å²) in [5.74, 6) is 0.844. The van der Waals surface area contributed by atoms with Crippen LogP contribution in [-0.4, -0.2) is 107 Å². The SMILES string of the molecule is CCC[CH2][Sn]([CH2]CCC)([CH2]CCC)[c]1nc(N2CCOCC2)c2sc(CN3CCN(C(C)(C)C(N)=O)CC3)nc2n1. The van der Waals surface area contributed by atoms with E-state index < -0.39 is 23.9 Å². The van der Waals surface area contributed by atoms with E-state index in [0.29, 0.717) is 0 Å². The quantitative estimate of drug-likeness (QED) is 0.275. The Morgan fingerprint density at radius 3 is 2.02 bits per heavy atom. The number of aromatic nitrogens is 3. The van der Waals surface area contributed by atoms with E-state index in [4.69, 9.17) is 25.4 Å². The molecule has 4 rings (SSSR count). The number of fused-ring (bicyclic) bond motifs is 1. The molecule has 0 aliphatic carbocycles. The van der Waals surface area contributed by atoms with E-state index in [9.17, 15) is 4.79 Å². The van der Waals surface area contributed by atoms with Gasteiger partial charge in [-0.25, -0.2) is 0 Å². The maximum absolute atomic E-state index is 12.0. The van der Waals surface area contributed by atoms with Gasteiger partial charge in [-0.3, -0.25) is 4.79 Å². The van der Waals surface area contributed by atoms with Crippen molar-refractivity contribution in [2.75, 3.05) is 57.4 Å². The molecule has 2 fully saturated rings. The molecule has 0 spiro atoms. The number of morpholine rings is 1. The molecule has 2 aliphatic heterocycles. The zero-order valence-electron chi connectivity index (χ0n) is 26.2. The van der Waals surface area contributed by atoms with Gasteiger partial charge >= 0.3 is 246 Å². The van der Waals surface area contributed by atoms with Crippen molar-refractivity contribution in [3.8, 4) is 0 Å². The molecule has 9 nitrogen and oxygen atoms in total.